The SMILES string of the molecule is CC(=O)O.CC(C)(C)NCc1ccc(C(C)(C)C)cc1. The van der Waals surface area contributed by atoms with Crippen LogP contribution in [-0.2, 0) is 16.8 Å². The normalized spacial score (nSPS) is 11.6. The Labute approximate surface area is 123 Å². The van der Waals surface area contributed by atoms with Crippen LogP contribution in [0.1, 0.15) is 59.6 Å². The van der Waals surface area contributed by atoms with Gasteiger partial charge in [0.1, 0.15) is 0 Å². The van der Waals surface area contributed by atoms with Gasteiger partial charge in [0.25, 0.3) is 5.97 Å². The molecule has 0 heterocycles. The molecule has 0 aromatic heterocycles. The summed E-state index contributed by atoms with van der Waals surface area (Å²) < 4.78 is 0. The van der Waals surface area contributed by atoms with Crippen LogP contribution in [0.15, 0.2) is 24.3 Å². The van der Waals surface area contributed by atoms with Gasteiger partial charge in [0.2, 0.25) is 0 Å². The molecule has 0 atom stereocenters. The van der Waals surface area contributed by atoms with Crippen LogP contribution in [0.3, 0.4) is 0 Å². The average Bonchev–Trinajstić information content (AvgIpc) is 2.24. The summed E-state index contributed by atoms with van der Waals surface area (Å²) in [4.78, 5) is 9.00. The Balaban J connectivity index is 0.000000796. The molecule has 0 saturated carbocycles. The summed E-state index contributed by atoms with van der Waals surface area (Å²) in [7, 11) is 0. The fourth-order valence-electron chi connectivity index (χ4n) is 1.49. The predicted octanol–water partition coefficient (Wildman–Crippen LogP) is 3.96. The maximum atomic E-state index is 9.00. The molecule has 114 valence electrons. The maximum absolute atomic E-state index is 9.00. The lowest BCUT2D eigenvalue weighted by Gasteiger charge is -2.22. The van der Waals surface area contributed by atoms with Gasteiger partial charge in [0.15, 0.2) is 0 Å². The molecule has 0 unspecified atom stereocenters. The third-order valence-electron chi connectivity index (χ3n) is 2.64. The van der Waals surface area contributed by atoms with E-state index in [0.29, 0.717) is 0 Å². The largest absolute Gasteiger partial charge is 0.481 e. The molecule has 1 aromatic carbocycles. The zero-order valence-electron chi connectivity index (χ0n) is 13.9. The molecule has 0 fully saturated rings. The average molecular weight is 279 g/mol. The number of carboxylic acids is 1. The van der Waals surface area contributed by atoms with E-state index in [1.807, 2.05) is 0 Å². The Morgan fingerprint density at radius 2 is 1.45 bits per heavy atom. The second-order valence-corrected chi connectivity index (χ2v) is 7.07. The smallest absolute Gasteiger partial charge is 0.300 e. The summed E-state index contributed by atoms with van der Waals surface area (Å²) in [6.45, 7) is 15.3. The second kappa shape index (κ2) is 7.44. The fraction of sp³-hybridized carbons (Fsp3) is 0.588. The molecule has 0 spiro atoms. The van der Waals surface area contributed by atoms with E-state index in [1.54, 1.807) is 0 Å². The molecule has 0 aliphatic rings. The number of hydrogen-bond donors (Lipinski definition) is 2. The van der Waals surface area contributed by atoms with Gasteiger partial charge in [-0.25, -0.2) is 0 Å². The number of nitrogens with one attached hydrogen (secondary N) is 1. The highest BCUT2D eigenvalue weighted by Crippen LogP contribution is 2.22. The second-order valence-electron chi connectivity index (χ2n) is 7.07. The number of carboxylic acid groups (broad SMARTS) is 1. The summed E-state index contributed by atoms with van der Waals surface area (Å²) in [5, 5.41) is 10.9. The van der Waals surface area contributed by atoms with Crippen molar-refractivity contribution in [2.24, 2.45) is 0 Å². The molecule has 1 aromatic rings. The zero-order valence-corrected chi connectivity index (χ0v) is 13.9. The quantitative estimate of drug-likeness (QED) is 0.861. The predicted molar refractivity (Wildman–Crippen MR) is 85.0 cm³/mol. The Kier molecular flexibility index (Phi) is 6.94. The van der Waals surface area contributed by atoms with Crippen molar-refractivity contribution in [3.63, 3.8) is 0 Å². The molecule has 0 aliphatic carbocycles. The summed E-state index contributed by atoms with van der Waals surface area (Å²) in [5.41, 5.74) is 3.17. The molecule has 0 saturated heterocycles. The third-order valence-corrected chi connectivity index (χ3v) is 2.64. The molecule has 0 aliphatic heterocycles. The van der Waals surface area contributed by atoms with Crippen molar-refractivity contribution >= 4 is 5.97 Å². The highest BCUT2D eigenvalue weighted by molar-refractivity contribution is 5.62. The van der Waals surface area contributed by atoms with Crippen molar-refractivity contribution in [1.29, 1.82) is 0 Å². The van der Waals surface area contributed by atoms with E-state index in [9.17, 15) is 0 Å². The third kappa shape index (κ3) is 9.56. The minimum absolute atomic E-state index is 0.183. The first kappa shape index (κ1) is 18.7. The molecule has 0 amide bonds. The summed E-state index contributed by atoms with van der Waals surface area (Å²) >= 11 is 0. The molecule has 20 heavy (non-hydrogen) atoms. The monoisotopic (exact) mass is 279 g/mol. The van der Waals surface area contributed by atoms with E-state index >= 15 is 0 Å². The van der Waals surface area contributed by atoms with Crippen molar-refractivity contribution in [2.45, 2.75) is 66.0 Å². The van der Waals surface area contributed by atoms with Crippen molar-refractivity contribution in [1.82, 2.24) is 5.32 Å². The lowest BCUT2D eigenvalue weighted by atomic mass is 9.87. The van der Waals surface area contributed by atoms with Gasteiger partial charge in [-0.3, -0.25) is 4.79 Å². The van der Waals surface area contributed by atoms with Gasteiger partial charge < -0.3 is 10.4 Å². The summed E-state index contributed by atoms with van der Waals surface area (Å²) in [6, 6.07) is 8.91. The number of hydrogen-bond acceptors (Lipinski definition) is 2. The Morgan fingerprint density at radius 1 is 1.05 bits per heavy atom. The van der Waals surface area contributed by atoms with Gasteiger partial charge in [-0.1, -0.05) is 45.0 Å². The molecule has 1 rings (SSSR count). The zero-order chi connectivity index (χ0) is 16.0. The maximum Gasteiger partial charge on any atom is 0.300 e. The lowest BCUT2D eigenvalue weighted by molar-refractivity contribution is -0.134. The number of aliphatic carboxylic acids is 1. The molecule has 0 bridgehead atoms. The molecular weight excluding hydrogens is 250 g/mol. The Morgan fingerprint density at radius 3 is 1.75 bits per heavy atom. The van der Waals surface area contributed by atoms with Crippen molar-refractivity contribution in [3.05, 3.63) is 35.4 Å². The van der Waals surface area contributed by atoms with Crippen LogP contribution in [0, 0.1) is 0 Å². The summed E-state index contributed by atoms with van der Waals surface area (Å²) in [5.74, 6) is -0.833. The van der Waals surface area contributed by atoms with Gasteiger partial charge in [0, 0.05) is 19.0 Å². The topological polar surface area (TPSA) is 49.3 Å². The van der Waals surface area contributed by atoms with E-state index in [4.69, 9.17) is 9.90 Å². The lowest BCUT2D eigenvalue weighted by Crippen LogP contribution is -2.35. The van der Waals surface area contributed by atoms with Crippen LogP contribution < -0.4 is 5.32 Å². The summed E-state index contributed by atoms with van der Waals surface area (Å²) in [6.07, 6.45) is 0. The van der Waals surface area contributed by atoms with E-state index in [1.165, 1.54) is 11.1 Å². The van der Waals surface area contributed by atoms with E-state index in [2.05, 4.69) is 71.1 Å². The van der Waals surface area contributed by atoms with Gasteiger partial charge in [-0.2, -0.15) is 0 Å². The van der Waals surface area contributed by atoms with Crippen LogP contribution in [0.4, 0.5) is 0 Å². The van der Waals surface area contributed by atoms with E-state index < -0.39 is 5.97 Å². The van der Waals surface area contributed by atoms with Crippen LogP contribution in [0.25, 0.3) is 0 Å². The molecular formula is C17H29NO2. The fourth-order valence-corrected chi connectivity index (χ4v) is 1.49. The molecule has 3 heteroatoms. The van der Waals surface area contributed by atoms with E-state index in [0.717, 1.165) is 13.5 Å². The first-order valence-corrected chi connectivity index (χ1v) is 6.96. The first-order chi connectivity index (χ1) is 8.92. The highest BCUT2D eigenvalue weighted by Gasteiger charge is 2.13. The highest BCUT2D eigenvalue weighted by atomic mass is 16.4. The number of rotatable bonds is 2. The van der Waals surface area contributed by atoms with Crippen molar-refractivity contribution < 1.29 is 9.90 Å². The number of benzene rings is 1. The van der Waals surface area contributed by atoms with Crippen LogP contribution >= 0.6 is 0 Å². The first-order valence-electron chi connectivity index (χ1n) is 6.96. The minimum atomic E-state index is -0.833. The minimum Gasteiger partial charge on any atom is -0.481 e. The Hall–Kier alpha value is -1.35. The van der Waals surface area contributed by atoms with E-state index in [-0.39, 0.29) is 11.0 Å². The van der Waals surface area contributed by atoms with Crippen molar-refractivity contribution in [2.75, 3.05) is 0 Å². The standard InChI is InChI=1S/C15H25N.C2H4O2/c1-14(2,3)13-9-7-12(8-10-13)11-16-15(4,5)6;1-2(3)4/h7-10,16H,11H2,1-6H3;1H3,(H,3,4). The number of carbonyl (C=O) groups is 1. The van der Waals surface area contributed by atoms with Gasteiger partial charge in [-0.05, 0) is 37.3 Å². The Bertz CT molecular complexity index is 404. The van der Waals surface area contributed by atoms with Crippen LogP contribution in [0.2, 0.25) is 0 Å². The van der Waals surface area contributed by atoms with Gasteiger partial charge in [0.05, 0.1) is 0 Å². The molecule has 3 nitrogen and oxygen atoms in total. The molecule has 2 N–H and O–H groups in total. The molecule has 0 radical (unpaired) electrons. The van der Waals surface area contributed by atoms with Gasteiger partial charge >= 0.3 is 0 Å². The van der Waals surface area contributed by atoms with Gasteiger partial charge in [-0.15, -0.1) is 0 Å². The van der Waals surface area contributed by atoms with Crippen LogP contribution in [-0.4, -0.2) is 16.6 Å². The van der Waals surface area contributed by atoms with Crippen molar-refractivity contribution in [3.8, 4) is 0 Å². The van der Waals surface area contributed by atoms with Crippen LogP contribution in [0.5, 0.6) is 0 Å².